The van der Waals surface area contributed by atoms with Crippen LogP contribution in [-0.4, -0.2) is 137 Å². The minimum atomic E-state index is -4.48. The number of nitrogens with one attached hydrogen (secondary N) is 6. The molecule has 7 aromatic rings. The normalized spacial score (nSPS) is 13.6. The maximum Gasteiger partial charge on any atom is 0.508 e. The van der Waals surface area contributed by atoms with Crippen molar-refractivity contribution in [3.8, 4) is 28.3 Å². The van der Waals surface area contributed by atoms with Gasteiger partial charge in [-0.15, -0.1) is 0 Å². The minimum Gasteiger partial charge on any atom is -0.480 e. The number of amides is 2. The molecule has 0 radical (unpaired) electrons. The number of pyridine rings is 3. The number of hydrogen-bond donors (Lipinski definition) is 9. The number of sulfonamides is 1. The monoisotopic (exact) mass is 1200 g/mol. The highest BCUT2D eigenvalue weighted by molar-refractivity contribution is 8.76. The van der Waals surface area contributed by atoms with Crippen LogP contribution in [0.1, 0.15) is 28.9 Å². The molecule has 0 aliphatic carbocycles. The highest BCUT2D eigenvalue weighted by Crippen LogP contribution is 2.34. The Balaban J connectivity index is 0.735. The minimum absolute atomic E-state index is 0.00102. The predicted molar refractivity (Wildman–Crippen MR) is 306 cm³/mol. The molecule has 0 bridgehead atoms. The molecule has 83 heavy (non-hydrogen) atoms. The molecule has 8 rings (SSSR count). The van der Waals surface area contributed by atoms with E-state index >= 15 is 0 Å². The van der Waals surface area contributed by atoms with E-state index in [2.05, 4.69) is 50.9 Å². The van der Waals surface area contributed by atoms with Gasteiger partial charge in [-0.2, -0.15) is 4.98 Å². The second-order valence-corrected chi connectivity index (χ2v) is 22.4. The van der Waals surface area contributed by atoms with E-state index in [1.165, 1.54) is 36.1 Å². The molecule has 2 amide bonds. The Labute approximate surface area is 479 Å². The van der Waals surface area contributed by atoms with E-state index in [9.17, 15) is 56.2 Å². The largest absolute Gasteiger partial charge is 0.508 e. The summed E-state index contributed by atoms with van der Waals surface area (Å²) in [6.45, 7) is 0.575. The van der Waals surface area contributed by atoms with Gasteiger partial charge in [0.05, 0.1) is 30.1 Å². The molecule has 3 unspecified atom stereocenters. The van der Waals surface area contributed by atoms with Crippen molar-refractivity contribution in [1.29, 1.82) is 0 Å². The van der Waals surface area contributed by atoms with Crippen molar-refractivity contribution >= 4 is 101 Å². The number of nitrogens with two attached hydrogens (primary N) is 1. The zero-order valence-electron chi connectivity index (χ0n) is 43.9. The maximum atomic E-state index is 14.4. The van der Waals surface area contributed by atoms with Gasteiger partial charge in [-0.05, 0) is 84.8 Å². The summed E-state index contributed by atoms with van der Waals surface area (Å²) in [4.78, 5) is 95.6. The Kier molecular flexibility index (Phi) is 19.4. The van der Waals surface area contributed by atoms with Crippen molar-refractivity contribution in [3.63, 3.8) is 0 Å². The number of H-pyrrole nitrogens is 1. The van der Waals surface area contributed by atoms with Crippen LogP contribution in [0.25, 0.3) is 33.3 Å². The van der Waals surface area contributed by atoms with Crippen molar-refractivity contribution in [2.75, 3.05) is 71.3 Å². The number of carbonyl (C=O) groups is 5. The van der Waals surface area contributed by atoms with E-state index in [4.69, 9.17) is 19.9 Å². The molecule has 3 atom stereocenters. The molecule has 3 aromatic carbocycles. The second-order valence-electron chi connectivity index (χ2n) is 18.2. The van der Waals surface area contributed by atoms with Crippen LogP contribution in [0.2, 0.25) is 0 Å². The molecular formula is C53H52F2N12O13S3. The fourth-order valence-electron chi connectivity index (χ4n) is 8.34. The van der Waals surface area contributed by atoms with E-state index in [1.54, 1.807) is 72.9 Å². The molecule has 5 heterocycles. The van der Waals surface area contributed by atoms with Crippen LogP contribution in [0.5, 0.6) is 5.88 Å². The summed E-state index contributed by atoms with van der Waals surface area (Å²) in [6.07, 6.45) is 1.50. The average Bonchev–Trinajstić information content (AvgIpc) is 3.64. The van der Waals surface area contributed by atoms with Crippen LogP contribution in [0.15, 0.2) is 113 Å². The Hall–Kier alpha value is -9.29. The van der Waals surface area contributed by atoms with Crippen LogP contribution in [0.4, 0.5) is 42.4 Å². The number of aliphatic carboxylic acids is 2. The number of carboxylic acid groups (broad SMARTS) is 2. The van der Waals surface area contributed by atoms with Gasteiger partial charge < -0.3 is 61.3 Å². The van der Waals surface area contributed by atoms with Crippen LogP contribution in [-0.2, 0) is 40.5 Å². The molecule has 0 spiro atoms. The topological polar surface area (TPSA) is 361 Å². The van der Waals surface area contributed by atoms with Crippen LogP contribution < -0.4 is 46.9 Å². The van der Waals surface area contributed by atoms with Crippen molar-refractivity contribution in [3.05, 3.63) is 137 Å². The summed E-state index contributed by atoms with van der Waals surface area (Å²) in [6, 6.07) is 18.9. The number of aromatic amines is 1. The summed E-state index contributed by atoms with van der Waals surface area (Å²) in [5.74, 6) is -5.89. The number of nitrogen functional groups attached to an aromatic ring is 1. The average molecular weight is 1200 g/mol. The van der Waals surface area contributed by atoms with E-state index < -0.39 is 80.5 Å². The van der Waals surface area contributed by atoms with Gasteiger partial charge in [-0.3, -0.25) is 29.1 Å². The number of likely N-dealkylation sites (N-methyl/N-ethyl adjacent to an activating group) is 1. The number of nitrogens with zero attached hydrogens (tertiary/aromatic N) is 5. The number of halogens is 2. The van der Waals surface area contributed by atoms with E-state index in [0.29, 0.717) is 64.4 Å². The predicted octanol–water partition coefficient (Wildman–Crippen LogP) is 5.72. The Morgan fingerprint density at radius 1 is 0.892 bits per heavy atom. The smallest absolute Gasteiger partial charge is 0.480 e. The number of carboxylic acids is 2. The number of ether oxygens (including phenoxy) is 3. The number of benzene rings is 3. The lowest BCUT2D eigenvalue weighted by atomic mass is 9.99. The van der Waals surface area contributed by atoms with Gasteiger partial charge >= 0.3 is 18.1 Å². The molecule has 0 saturated carbocycles. The van der Waals surface area contributed by atoms with Crippen molar-refractivity contribution in [1.82, 2.24) is 35.6 Å². The fraction of sp³-hybridized carbons (Fsp3) is 0.245. The molecule has 25 nitrogen and oxygen atoms in total. The van der Waals surface area contributed by atoms with Gasteiger partial charge in [0.2, 0.25) is 17.7 Å². The lowest BCUT2D eigenvalue weighted by molar-refractivity contribution is -0.142. The zero-order chi connectivity index (χ0) is 59.4. The first kappa shape index (κ1) is 59.8. The number of fused-ring (bicyclic) bond motifs is 2. The highest BCUT2D eigenvalue weighted by Gasteiger charge is 2.29. The van der Waals surface area contributed by atoms with Crippen molar-refractivity contribution in [2.45, 2.75) is 42.5 Å². The number of rotatable bonds is 25. The Morgan fingerprint density at radius 3 is 2.39 bits per heavy atom. The molecule has 1 aliphatic heterocycles. The second kappa shape index (κ2) is 27.0. The Morgan fingerprint density at radius 2 is 1.66 bits per heavy atom. The van der Waals surface area contributed by atoms with Crippen LogP contribution in [0.3, 0.4) is 0 Å². The first-order valence-electron chi connectivity index (χ1n) is 24.9. The molecule has 4 aromatic heterocycles. The van der Waals surface area contributed by atoms with Gasteiger partial charge in [-0.25, -0.2) is 36.6 Å². The standard InChI is InChI=1S/C53H52F2N12O13S3/c1-67-34(25-60-46-45(67)48(70)65-52(56)64-46)24-59-32-8-3-28(4-9-32)47(69)62-41(50(71)72)14-16-44(68)61-42(51(73)74)27-82-81-20-19-79-53(75)80-26-33-10-5-30(23-58-33)35-17-18-57-39-11-6-29(21-36(35)39)38-12-13-40(49(63-38)78-2)66-83(76,77)43-15-7-31(54)22-37(43)55/h3-13,15,17-18,21-23,34,41-42,59,66H,14,16,19-20,24-27H2,1-2H3,(H,61,68)(H,62,69)(H,71,72)(H,73,74)(H4,56,60,64,65,70). The summed E-state index contributed by atoms with van der Waals surface area (Å²) < 4.78 is 71.7. The third-order valence-electron chi connectivity index (χ3n) is 12.6. The number of aromatic nitrogens is 5. The van der Waals surface area contributed by atoms with Crippen LogP contribution in [0, 0.1) is 11.6 Å². The SMILES string of the molecule is COc1nc(-c2ccc3nccc(-c4ccc(COC(=O)OCCSSCC(NC(=O)CCC(NC(=O)c5ccc(NCC6CNc7[nH]c(N)nc(=O)c7N6C)cc5)C(=O)O)C(=O)O)nc4)c3c2)ccc1NS(=O)(=O)c1ccc(F)cc1F. The molecule has 30 heteroatoms. The number of carbonyl (C=O) groups excluding carboxylic acids is 3. The molecule has 0 fully saturated rings. The van der Waals surface area contributed by atoms with Gasteiger partial charge in [0.15, 0.2) is 0 Å². The van der Waals surface area contributed by atoms with E-state index in [1.807, 2.05) is 6.07 Å². The summed E-state index contributed by atoms with van der Waals surface area (Å²) in [5, 5.41) is 31.4. The molecule has 434 valence electrons. The van der Waals surface area contributed by atoms with Gasteiger partial charge in [0.25, 0.3) is 21.5 Å². The van der Waals surface area contributed by atoms with E-state index in [-0.39, 0.29) is 60.3 Å². The van der Waals surface area contributed by atoms with Crippen molar-refractivity contribution in [2.24, 2.45) is 0 Å². The number of anilines is 5. The molecule has 10 N–H and O–H groups in total. The fourth-order valence-corrected chi connectivity index (χ4v) is 11.4. The highest BCUT2D eigenvalue weighted by atomic mass is 33.1. The number of methoxy groups -OCH3 is 1. The molecule has 0 saturated heterocycles. The quantitative estimate of drug-likeness (QED) is 0.0188. The summed E-state index contributed by atoms with van der Waals surface area (Å²) in [7, 11) is 0.826. The van der Waals surface area contributed by atoms with E-state index in [0.717, 1.165) is 33.9 Å². The third kappa shape index (κ3) is 15.4. The first-order chi connectivity index (χ1) is 39.8. The lowest BCUT2D eigenvalue weighted by Crippen LogP contribution is -2.48. The summed E-state index contributed by atoms with van der Waals surface area (Å²) in [5.41, 5.74) is 9.75. The zero-order valence-corrected chi connectivity index (χ0v) is 46.3. The molecular weight excluding hydrogens is 1150 g/mol. The molecule has 1 aliphatic rings. The third-order valence-corrected chi connectivity index (χ3v) is 16.4. The number of hydrogen-bond acceptors (Lipinski definition) is 21. The van der Waals surface area contributed by atoms with Crippen molar-refractivity contribution < 1.29 is 65.6 Å². The van der Waals surface area contributed by atoms with Gasteiger partial charge in [0.1, 0.15) is 59.0 Å². The van der Waals surface area contributed by atoms with Gasteiger partial charge in [-0.1, -0.05) is 33.7 Å². The first-order valence-corrected chi connectivity index (χ1v) is 28.9. The summed E-state index contributed by atoms with van der Waals surface area (Å²) >= 11 is 0. The Bertz CT molecular complexity index is 3740. The lowest BCUT2D eigenvalue weighted by Gasteiger charge is -2.35. The van der Waals surface area contributed by atoms with Gasteiger partial charge in [0, 0.05) is 84.3 Å². The maximum absolute atomic E-state index is 14.4. The van der Waals surface area contributed by atoms with Crippen LogP contribution >= 0.6 is 21.6 Å².